The number of nitriles is 1. The molecule has 3 rings (SSSR count). The monoisotopic (exact) mass is 569 g/mol. The highest BCUT2D eigenvalue weighted by atomic mass is 19.4. The summed E-state index contributed by atoms with van der Waals surface area (Å²) in [6.07, 6.45) is -4.48. The Morgan fingerprint density at radius 1 is 0.902 bits per heavy atom. The number of carbonyl (C=O) groups is 2. The van der Waals surface area contributed by atoms with Gasteiger partial charge in [0.05, 0.1) is 17.2 Å². The maximum Gasteiger partial charge on any atom is 0.419 e. The zero-order valence-electron chi connectivity index (χ0n) is 23.0. The molecule has 11 heteroatoms. The maximum absolute atomic E-state index is 13.8. The first kappa shape index (κ1) is 31.1. The van der Waals surface area contributed by atoms with E-state index in [2.05, 4.69) is 11.4 Å². The molecule has 1 N–H and O–H groups in total. The quantitative estimate of drug-likeness (QED) is 0.294. The molecule has 0 bridgehead atoms. The molecule has 0 spiro atoms. The van der Waals surface area contributed by atoms with E-state index in [0.29, 0.717) is 42.9 Å². The summed E-state index contributed by atoms with van der Waals surface area (Å²) in [5.74, 6) is -1.55. The highest BCUT2D eigenvalue weighted by molar-refractivity contribution is 6.02. The summed E-state index contributed by atoms with van der Waals surface area (Å²) in [6, 6.07) is 17.4. The predicted molar refractivity (Wildman–Crippen MR) is 150 cm³/mol. The zero-order chi connectivity index (χ0) is 30.2. The highest BCUT2D eigenvalue weighted by Gasteiger charge is 2.34. The van der Waals surface area contributed by atoms with E-state index in [9.17, 15) is 32.4 Å². The molecule has 0 saturated heterocycles. The standard InChI is InChI=1S/C30H31F4N5O2/c1-37(2)16-17-38(3)28(40)8-5-15-39(29(41)36-24-11-14-27(31)26(19-24)30(32,33)34)25-12-9-22(10-13-25)23-7-4-6-21(18-23)20-35/h4,6-7,9-14,18-19H,5,8,15-17H2,1-3H3,(H,36,41). The number of hydrogen-bond acceptors (Lipinski definition) is 4. The molecule has 3 aromatic rings. The summed E-state index contributed by atoms with van der Waals surface area (Å²) in [5, 5.41) is 11.6. The lowest BCUT2D eigenvalue weighted by atomic mass is 10.0. The molecule has 0 radical (unpaired) electrons. The van der Waals surface area contributed by atoms with Crippen LogP contribution in [0.3, 0.4) is 0 Å². The number of nitrogens with one attached hydrogen (secondary N) is 1. The van der Waals surface area contributed by atoms with E-state index in [1.165, 1.54) is 4.90 Å². The largest absolute Gasteiger partial charge is 0.419 e. The molecule has 7 nitrogen and oxygen atoms in total. The Hall–Kier alpha value is -4.43. The number of urea groups is 1. The van der Waals surface area contributed by atoms with Crippen molar-refractivity contribution in [3.05, 3.63) is 83.7 Å². The first-order valence-electron chi connectivity index (χ1n) is 12.8. The molecule has 0 aliphatic rings. The van der Waals surface area contributed by atoms with Crippen molar-refractivity contribution in [3.63, 3.8) is 0 Å². The summed E-state index contributed by atoms with van der Waals surface area (Å²) in [5.41, 5.74) is 0.802. The van der Waals surface area contributed by atoms with Gasteiger partial charge in [-0.1, -0.05) is 24.3 Å². The third-order valence-corrected chi connectivity index (χ3v) is 6.35. The van der Waals surface area contributed by atoms with Crippen LogP contribution in [0.4, 0.5) is 33.7 Å². The van der Waals surface area contributed by atoms with Crippen LogP contribution >= 0.6 is 0 Å². The average molecular weight is 570 g/mol. The van der Waals surface area contributed by atoms with Gasteiger partial charge in [-0.3, -0.25) is 9.69 Å². The van der Waals surface area contributed by atoms with Crippen molar-refractivity contribution in [1.82, 2.24) is 9.80 Å². The summed E-state index contributed by atoms with van der Waals surface area (Å²) < 4.78 is 53.4. The Bertz CT molecular complexity index is 1400. The molecule has 0 atom stereocenters. The number of amides is 3. The molecule has 3 amide bonds. The van der Waals surface area contributed by atoms with Crippen LogP contribution in [0.2, 0.25) is 0 Å². The zero-order valence-corrected chi connectivity index (χ0v) is 23.0. The van der Waals surface area contributed by atoms with Gasteiger partial charge in [0.1, 0.15) is 5.82 Å². The van der Waals surface area contributed by atoms with Crippen LogP contribution < -0.4 is 10.2 Å². The fourth-order valence-corrected chi connectivity index (χ4v) is 4.02. The van der Waals surface area contributed by atoms with Crippen molar-refractivity contribution in [3.8, 4) is 17.2 Å². The van der Waals surface area contributed by atoms with Crippen molar-refractivity contribution in [2.24, 2.45) is 0 Å². The fraction of sp³-hybridized carbons (Fsp3) is 0.300. The SMILES string of the molecule is CN(C)CCN(C)C(=O)CCCN(C(=O)Nc1ccc(F)c(C(F)(F)F)c1)c1ccc(-c2cccc(C#N)c2)cc1. The van der Waals surface area contributed by atoms with Crippen molar-refractivity contribution >= 4 is 23.3 Å². The number of nitrogens with zero attached hydrogens (tertiary/aromatic N) is 4. The van der Waals surface area contributed by atoms with Gasteiger partial charge in [-0.2, -0.15) is 18.4 Å². The Labute approximate surface area is 236 Å². The Balaban J connectivity index is 1.82. The lowest BCUT2D eigenvalue weighted by molar-refractivity contribution is -0.140. The van der Waals surface area contributed by atoms with E-state index in [1.807, 2.05) is 25.1 Å². The molecule has 0 saturated carbocycles. The molecule has 216 valence electrons. The minimum absolute atomic E-state index is 0.0929. The lowest BCUT2D eigenvalue weighted by Gasteiger charge is -2.25. The van der Waals surface area contributed by atoms with Crippen molar-refractivity contribution in [2.75, 3.05) is 51.0 Å². The Kier molecular flexibility index (Phi) is 10.4. The van der Waals surface area contributed by atoms with Crippen LogP contribution in [0, 0.1) is 17.1 Å². The van der Waals surface area contributed by atoms with Crippen molar-refractivity contribution in [1.29, 1.82) is 5.26 Å². The molecule has 0 fully saturated rings. The third kappa shape index (κ3) is 8.78. The van der Waals surface area contributed by atoms with Crippen LogP contribution in [0.1, 0.15) is 24.0 Å². The lowest BCUT2D eigenvalue weighted by Crippen LogP contribution is -2.37. The van der Waals surface area contributed by atoms with E-state index in [4.69, 9.17) is 0 Å². The number of benzene rings is 3. The minimum Gasteiger partial charge on any atom is -0.344 e. The van der Waals surface area contributed by atoms with Gasteiger partial charge in [0.2, 0.25) is 5.91 Å². The first-order valence-corrected chi connectivity index (χ1v) is 12.8. The second-order valence-corrected chi connectivity index (χ2v) is 9.74. The Morgan fingerprint density at radius 2 is 1.61 bits per heavy atom. The maximum atomic E-state index is 13.8. The van der Waals surface area contributed by atoms with Gasteiger partial charge in [0, 0.05) is 44.5 Å². The number of hydrogen-bond donors (Lipinski definition) is 1. The number of likely N-dealkylation sites (N-methyl/N-ethyl adjacent to an activating group) is 2. The van der Waals surface area contributed by atoms with Crippen LogP contribution in [0.25, 0.3) is 11.1 Å². The van der Waals surface area contributed by atoms with E-state index in [1.54, 1.807) is 54.4 Å². The topological polar surface area (TPSA) is 79.7 Å². The molecule has 0 aromatic heterocycles. The van der Waals surface area contributed by atoms with Gasteiger partial charge in [-0.05, 0) is 74.1 Å². The molecular weight excluding hydrogens is 538 g/mol. The summed E-state index contributed by atoms with van der Waals surface area (Å²) in [4.78, 5) is 30.7. The highest BCUT2D eigenvalue weighted by Crippen LogP contribution is 2.33. The summed E-state index contributed by atoms with van der Waals surface area (Å²) in [7, 11) is 5.50. The molecule has 41 heavy (non-hydrogen) atoms. The molecule has 0 heterocycles. The Morgan fingerprint density at radius 3 is 2.24 bits per heavy atom. The average Bonchev–Trinajstić information content (AvgIpc) is 2.94. The van der Waals surface area contributed by atoms with Gasteiger partial charge < -0.3 is 15.1 Å². The number of anilines is 2. The molecule has 0 unspecified atom stereocenters. The van der Waals surface area contributed by atoms with Crippen molar-refractivity contribution < 1.29 is 27.2 Å². The van der Waals surface area contributed by atoms with E-state index < -0.39 is 23.6 Å². The summed E-state index contributed by atoms with van der Waals surface area (Å²) in [6.45, 7) is 1.32. The number of carbonyl (C=O) groups excluding carboxylic acids is 2. The normalized spacial score (nSPS) is 11.2. The molecule has 0 aliphatic carbocycles. The summed E-state index contributed by atoms with van der Waals surface area (Å²) >= 11 is 0. The van der Waals surface area contributed by atoms with E-state index >= 15 is 0 Å². The van der Waals surface area contributed by atoms with Crippen LogP contribution in [0.15, 0.2) is 66.7 Å². The van der Waals surface area contributed by atoms with Gasteiger partial charge >= 0.3 is 12.2 Å². The van der Waals surface area contributed by atoms with Gasteiger partial charge in [-0.25, -0.2) is 9.18 Å². The first-order chi connectivity index (χ1) is 19.4. The smallest absolute Gasteiger partial charge is 0.344 e. The number of rotatable bonds is 10. The third-order valence-electron chi connectivity index (χ3n) is 6.35. The van der Waals surface area contributed by atoms with Crippen LogP contribution in [-0.4, -0.2) is 62.5 Å². The number of alkyl halides is 3. The van der Waals surface area contributed by atoms with Crippen LogP contribution in [0.5, 0.6) is 0 Å². The van der Waals surface area contributed by atoms with Gasteiger partial charge in [0.25, 0.3) is 0 Å². The number of halogens is 4. The van der Waals surface area contributed by atoms with Gasteiger partial charge in [0.15, 0.2) is 0 Å². The molecule has 0 aliphatic heterocycles. The predicted octanol–water partition coefficient (Wildman–Crippen LogP) is 6.22. The van der Waals surface area contributed by atoms with Gasteiger partial charge in [-0.15, -0.1) is 0 Å². The second-order valence-electron chi connectivity index (χ2n) is 9.74. The van der Waals surface area contributed by atoms with Crippen molar-refractivity contribution in [2.45, 2.75) is 19.0 Å². The second kappa shape index (κ2) is 13.8. The molecular formula is C30H31F4N5O2. The minimum atomic E-state index is -4.93. The van der Waals surface area contributed by atoms with Crippen LogP contribution in [-0.2, 0) is 11.0 Å². The fourth-order valence-electron chi connectivity index (χ4n) is 4.02. The van der Waals surface area contributed by atoms with E-state index in [0.717, 1.165) is 17.2 Å². The van der Waals surface area contributed by atoms with E-state index in [-0.39, 0.29) is 24.6 Å². The molecule has 3 aromatic carbocycles.